The fourth-order valence-electron chi connectivity index (χ4n) is 3.61. The number of carbonyl (C=O) groups is 1. The third kappa shape index (κ3) is 8.58. The van der Waals surface area contributed by atoms with E-state index in [2.05, 4.69) is 37.5 Å². The molecule has 0 aromatic carbocycles. The second-order valence-electron chi connectivity index (χ2n) is 10.4. The largest absolute Gasteiger partial charge is 0.473 e. The number of ether oxygens (including phenoxy) is 1. The van der Waals surface area contributed by atoms with E-state index in [0.717, 1.165) is 18.8 Å². The van der Waals surface area contributed by atoms with E-state index < -0.39 is 26.8 Å². The molecule has 43 heavy (non-hydrogen) atoms. The second-order valence-corrected chi connectivity index (χ2v) is 12.8. The molecule has 232 valence electrons. The summed E-state index contributed by atoms with van der Waals surface area (Å²) in [6, 6.07) is 4.61. The zero-order chi connectivity index (χ0) is 31.9. The summed E-state index contributed by atoms with van der Waals surface area (Å²) in [5.74, 6) is -0.956. The average Bonchev–Trinajstić information content (AvgIpc) is 2.94. The number of halogens is 1. The van der Waals surface area contributed by atoms with Gasteiger partial charge in [0.15, 0.2) is 32.3 Å². The predicted molar refractivity (Wildman–Crippen MR) is 166 cm³/mol. The van der Waals surface area contributed by atoms with E-state index in [-0.39, 0.29) is 34.5 Å². The molecule has 0 radical (unpaired) electrons. The van der Waals surface area contributed by atoms with Crippen molar-refractivity contribution in [1.29, 1.82) is 0 Å². The van der Waals surface area contributed by atoms with Gasteiger partial charge in [0, 0.05) is 26.3 Å². The highest BCUT2D eigenvalue weighted by Crippen LogP contribution is 2.35. The molecule has 0 bridgehead atoms. The van der Waals surface area contributed by atoms with Gasteiger partial charge in [-0.15, -0.1) is 0 Å². The van der Waals surface area contributed by atoms with E-state index >= 15 is 0 Å². The van der Waals surface area contributed by atoms with Crippen LogP contribution in [0.4, 0.5) is 39.0 Å². The summed E-state index contributed by atoms with van der Waals surface area (Å²) in [7, 11) is 1.96. The SMILES string of the molecule is C=CC(=O)Nc1cc(Nc2ncc(F)c(Nc3cccnc3S(=O)(=O)C(C)C)n2)c(OC(C)C)nc1N(C)CCN(C)C. The summed E-state index contributed by atoms with van der Waals surface area (Å²) in [4.78, 5) is 33.2. The lowest BCUT2D eigenvalue weighted by Crippen LogP contribution is -2.30. The van der Waals surface area contributed by atoms with Crippen LogP contribution in [-0.2, 0) is 14.6 Å². The van der Waals surface area contributed by atoms with Gasteiger partial charge in [-0.1, -0.05) is 6.58 Å². The molecule has 0 aliphatic rings. The number of amides is 1. The van der Waals surface area contributed by atoms with Crippen molar-refractivity contribution in [1.82, 2.24) is 24.8 Å². The molecule has 0 saturated heterocycles. The van der Waals surface area contributed by atoms with Crippen LogP contribution in [0.3, 0.4) is 0 Å². The van der Waals surface area contributed by atoms with Crippen molar-refractivity contribution in [3.05, 3.63) is 49.1 Å². The Labute approximate surface area is 251 Å². The van der Waals surface area contributed by atoms with Crippen LogP contribution < -0.4 is 25.6 Å². The van der Waals surface area contributed by atoms with Gasteiger partial charge in [-0.25, -0.2) is 22.8 Å². The molecule has 0 saturated carbocycles. The third-order valence-electron chi connectivity index (χ3n) is 5.91. The number of likely N-dealkylation sites (N-methyl/N-ethyl adjacent to an activating group) is 2. The molecular weight excluding hydrogens is 577 g/mol. The van der Waals surface area contributed by atoms with Crippen LogP contribution in [0.1, 0.15) is 27.7 Å². The highest BCUT2D eigenvalue weighted by atomic mass is 32.2. The van der Waals surface area contributed by atoms with E-state index in [9.17, 15) is 17.6 Å². The summed E-state index contributed by atoms with van der Waals surface area (Å²) in [5, 5.41) is 7.51. The summed E-state index contributed by atoms with van der Waals surface area (Å²) >= 11 is 0. The number of hydrogen-bond donors (Lipinski definition) is 3. The van der Waals surface area contributed by atoms with Crippen molar-refractivity contribution in [3.63, 3.8) is 0 Å². The quantitative estimate of drug-likeness (QED) is 0.225. The van der Waals surface area contributed by atoms with Crippen LogP contribution in [-0.4, -0.2) is 84.7 Å². The molecule has 0 aliphatic carbocycles. The number of anilines is 6. The first kappa shape index (κ1) is 33.1. The number of rotatable bonds is 14. The molecule has 3 rings (SSSR count). The molecule has 3 N–H and O–H groups in total. The lowest BCUT2D eigenvalue weighted by molar-refractivity contribution is -0.111. The zero-order valence-corrected chi connectivity index (χ0v) is 26.2. The van der Waals surface area contributed by atoms with Crippen molar-refractivity contribution >= 4 is 50.4 Å². The number of nitrogens with one attached hydrogen (secondary N) is 3. The predicted octanol–water partition coefficient (Wildman–Crippen LogP) is 3.98. The Bertz CT molecular complexity index is 1570. The monoisotopic (exact) mass is 615 g/mol. The molecule has 0 unspecified atom stereocenters. The van der Waals surface area contributed by atoms with Crippen LogP contribution >= 0.6 is 0 Å². The minimum atomic E-state index is -3.78. The van der Waals surface area contributed by atoms with Gasteiger partial charge in [0.25, 0.3) is 0 Å². The van der Waals surface area contributed by atoms with Crippen molar-refractivity contribution in [2.75, 3.05) is 55.1 Å². The maximum Gasteiger partial charge on any atom is 0.247 e. The van der Waals surface area contributed by atoms with Gasteiger partial charge in [-0.2, -0.15) is 9.97 Å². The minimum Gasteiger partial charge on any atom is -0.473 e. The Hall–Kier alpha value is -4.37. The van der Waals surface area contributed by atoms with Crippen LogP contribution in [0.25, 0.3) is 0 Å². The smallest absolute Gasteiger partial charge is 0.247 e. The Morgan fingerprint density at radius 2 is 1.79 bits per heavy atom. The van der Waals surface area contributed by atoms with Crippen LogP contribution in [0.2, 0.25) is 0 Å². The maximum atomic E-state index is 14.9. The molecule has 13 nitrogen and oxygen atoms in total. The first-order valence-electron chi connectivity index (χ1n) is 13.5. The molecule has 0 fully saturated rings. The molecule has 1 amide bonds. The molecule has 0 atom stereocenters. The number of pyridine rings is 2. The molecule has 3 aromatic heterocycles. The lowest BCUT2D eigenvalue weighted by atomic mass is 10.3. The van der Waals surface area contributed by atoms with E-state index in [1.807, 2.05) is 44.8 Å². The van der Waals surface area contributed by atoms with Crippen molar-refractivity contribution in [2.45, 2.75) is 44.1 Å². The van der Waals surface area contributed by atoms with Crippen LogP contribution in [0.15, 0.2) is 48.3 Å². The van der Waals surface area contributed by atoms with E-state index in [4.69, 9.17) is 9.72 Å². The molecule has 3 aromatic rings. The van der Waals surface area contributed by atoms with Crippen molar-refractivity contribution in [3.8, 4) is 5.88 Å². The lowest BCUT2D eigenvalue weighted by Gasteiger charge is -2.25. The zero-order valence-electron chi connectivity index (χ0n) is 25.3. The van der Waals surface area contributed by atoms with E-state index in [1.165, 1.54) is 32.2 Å². The number of hydrogen-bond acceptors (Lipinski definition) is 12. The number of carbonyl (C=O) groups excluding carboxylic acids is 1. The van der Waals surface area contributed by atoms with Gasteiger partial charge >= 0.3 is 0 Å². The summed E-state index contributed by atoms with van der Waals surface area (Å²) in [6.07, 6.45) is 3.16. The topological polar surface area (TPSA) is 155 Å². The van der Waals surface area contributed by atoms with E-state index in [1.54, 1.807) is 6.07 Å². The molecule has 0 spiro atoms. The summed E-state index contributed by atoms with van der Waals surface area (Å²) in [5.41, 5.74) is 0.716. The third-order valence-corrected chi connectivity index (χ3v) is 8.01. The maximum absolute atomic E-state index is 14.9. The Balaban J connectivity index is 2.05. The van der Waals surface area contributed by atoms with E-state index in [0.29, 0.717) is 23.7 Å². The highest BCUT2D eigenvalue weighted by molar-refractivity contribution is 7.92. The molecular formula is C28H38FN9O4S. The van der Waals surface area contributed by atoms with Gasteiger partial charge in [0.2, 0.25) is 17.7 Å². The molecule has 3 heterocycles. The first-order chi connectivity index (χ1) is 20.2. The Kier molecular flexibility index (Phi) is 10.9. The normalized spacial score (nSPS) is 11.5. The summed E-state index contributed by atoms with van der Waals surface area (Å²) in [6.45, 7) is 11.6. The van der Waals surface area contributed by atoms with Gasteiger partial charge in [-0.3, -0.25) is 4.79 Å². The number of sulfone groups is 1. The van der Waals surface area contributed by atoms with Crippen LogP contribution in [0, 0.1) is 5.82 Å². The average molecular weight is 616 g/mol. The minimum absolute atomic E-state index is 0.0498. The Morgan fingerprint density at radius 3 is 2.42 bits per heavy atom. The Morgan fingerprint density at radius 1 is 1.07 bits per heavy atom. The standard InChI is InChI=1S/C28H38FN9O4S/c1-9-23(39)32-21-15-22(26(42-17(2)3)36-25(21)38(8)14-13-37(6)7)34-28-31-16-19(29)24(35-28)33-20-11-10-12-30-27(20)43(40,41)18(4)5/h9-12,15-18H,1,13-14H2,2-8H3,(H,32,39)(H2,31,33,34,35). The molecule has 15 heteroatoms. The highest BCUT2D eigenvalue weighted by Gasteiger charge is 2.25. The van der Waals surface area contributed by atoms with Crippen molar-refractivity contribution < 1.29 is 22.3 Å². The van der Waals surface area contributed by atoms with Crippen molar-refractivity contribution in [2.24, 2.45) is 0 Å². The number of aromatic nitrogens is 4. The van der Waals surface area contributed by atoms with Gasteiger partial charge in [0.05, 0.1) is 28.9 Å². The van der Waals surface area contributed by atoms with Gasteiger partial charge in [0.1, 0.15) is 5.69 Å². The fourth-order valence-corrected chi connectivity index (χ4v) is 4.69. The fraction of sp³-hybridized carbons (Fsp3) is 0.393. The molecule has 0 aliphatic heterocycles. The summed E-state index contributed by atoms with van der Waals surface area (Å²) < 4.78 is 46.5. The van der Waals surface area contributed by atoms with Crippen LogP contribution in [0.5, 0.6) is 5.88 Å². The van der Waals surface area contributed by atoms with Gasteiger partial charge in [-0.05, 0) is 66.1 Å². The van der Waals surface area contributed by atoms with Gasteiger partial charge < -0.3 is 30.5 Å². The second kappa shape index (κ2) is 14.2. The first-order valence-corrected chi connectivity index (χ1v) is 15.0. The number of nitrogens with zero attached hydrogens (tertiary/aromatic N) is 6.